The van der Waals surface area contributed by atoms with Crippen LogP contribution in [0.5, 0.6) is 0 Å². The molecule has 0 bridgehead atoms. The second-order valence-corrected chi connectivity index (χ2v) is 6.48. The molecule has 0 spiro atoms. The molecule has 1 aromatic rings. The molecule has 1 aromatic carbocycles. The summed E-state index contributed by atoms with van der Waals surface area (Å²) < 4.78 is 5.09. The van der Waals surface area contributed by atoms with Gasteiger partial charge in [-0.05, 0) is 50.3 Å². The molecular weight excluding hydrogens is 314 g/mol. The highest BCUT2D eigenvalue weighted by Gasteiger charge is 2.34. The Bertz CT molecular complexity index is 546. The van der Waals surface area contributed by atoms with Crippen LogP contribution in [0, 0.1) is 5.92 Å². The number of carboxylic acids is 1. The topological polar surface area (TPSA) is 66.8 Å². The van der Waals surface area contributed by atoms with Crippen molar-refractivity contribution in [3.8, 4) is 0 Å². The highest BCUT2D eigenvalue weighted by atomic mass is 32.2. The predicted molar refractivity (Wildman–Crippen MR) is 89.5 cm³/mol. The lowest BCUT2D eigenvalue weighted by Crippen LogP contribution is -2.43. The largest absolute Gasteiger partial charge is 0.480 e. The van der Waals surface area contributed by atoms with E-state index in [1.54, 1.807) is 18.7 Å². The summed E-state index contributed by atoms with van der Waals surface area (Å²) in [5.41, 5.74) is 0.750. The number of aliphatic carboxylic acids is 1. The molecule has 1 N–H and O–H groups in total. The van der Waals surface area contributed by atoms with Crippen LogP contribution < -0.4 is 0 Å². The summed E-state index contributed by atoms with van der Waals surface area (Å²) in [5, 5.41) is 9.67. The average Bonchev–Trinajstić information content (AvgIpc) is 2.56. The van der Waals surface area contributed by atoms with Gasteiger partial charge in [-0.15, -0.1) is 11.8 Å². The maximum atomic E-state index is 12.0. The van der Waals surface area contributed by atoms with Crippen molar-refractivity contribution in [1.29, 1.82) is 0 Å². The lowest BCUT2D eigenvalue weighted by Gasteiger charge is -2.35. The summed E-state index contributed by atoms with van der Waals surface area (Å²) in [6.45, 7) is 3.25. The van der Waals surface area contributed by atoms with Crippen LogP contribution in [-0.4, -0.2) is 47.9 Å². The SMILES string of the molecule is CCOC(=O)[C@H]1CCCN([C@@H](C(=O)O)c2ccc(SC)cc2)C1. The van der Waals surface area contributed by atoms with Crippen LogP contribution >= 0.6 is 11.8 Å². The van der Waals surface area contributed by atoms with Crippen LogP contribution in [0.4, 0.5) is 0 Å². The van der Waals surface area contributed by atoms with Gasteiger partial charge in [-0.2, -0.15) is 0 Å². The zero-order valence-electron chi connectivity index (χ0n) is 13.5. The minimum atomic E-state index is -0.883. The van der Waals surface area contributed by atoms with E-state index < -0.39 is 12.0 Å². The molecule has 0 saturated carbocycles. The van der Waals surface area contributed by atoms with E-state index in [9.17, 15) is 14.7 Å². The summed E-state index contributed by atoms with van der Waals surface area (Å²) in [4.78, 5) is 26.7. The van der Waals surface area contributed by atoms with Crippen molar-refractivity contribution in [2.75, 3.05) is 26.0 Å². The minimum Gasteiger partial charge on any atom is -0.480 e. The van der Waals surface area contributed by atoms with Crippen LogP contribution in [0.3, 0.4) is 0 Å². The van der Waals surface area contributed by atoms with Crippen LogP contribution in [0.2, 0.25) is 0 Å². The van der Waals surface area contributed by atoms with E-state index in [-0.39, 0.29) is 11.9 Å². The number of esters is 1. The Morgan fingerprint density at radius 1 is 1.39 bits per heavy atom. The summed E-state index contributed by atoms with van der Waals surface area (Å²) in [7, 11) is 0. The van der Waals surface area contributed by atoms with Gasteiger partial charge in [0, 0.05) is 11.4 Å². The van der Waals surface area contributed by atoms with E-state index >= 15 is 0 Å². The van der Waals surface area contributed by atoms with Gasteiger partial charge in [0.25, 0.3) is 0 Å². The predicted octanol–water partition coefficient (Wildman–Crippen LogP) is 2.81. The van der Waals surface area contributed by atoms with Crippen molar-refractivity contribution in [3.63, 3.8) is 0 Å². The molecule has 0 unspecified atom stereocenters. The average molecular weight is 337 g/mol. The van der Waals surface area contributed by atoms with E-state index in [0.29, 0.717) is 19.7 Å². The number of carbonyl (C=O) groups excluding carboxylic acids is 1. The summed E-state index contributed by atoms with van der Waals surface area (Å²) in [6, 6.07) is 6.87. The van der Waals surface area contributed by atoms with E-state index in [1.807, 2.05) is 35.4 Å². The first kappa shape index (κ1) is 17.8. The van der Waals surface area contributed by atoms with Crippen molar-refractivity contribution in [2.24, 2.45) is 5.92 Å². The Labute approximate surface area is 141 Å². The molecule has 1 fully saturated rings. The molecule has 6 heteroatoms. The zero-order valence-corrected chi connectivity index (χ0v) is 14.3. The smallest absolute Gasteiger partial charge is 0.325 e. The van der Waals surface area contributed by atoms with Crippen molar-refractivity contribution in [1.82, 2.24) is 4.90 Å². The van der Waals surface area contributed by atoms with E-state index in [0.717, 1.165) is 23.3 Å². The van der Waals surface area contributed by atoms with Crippen molar-refractivity contribution in [3.05, 3.63) is 29.8 Å². The van der Waals surface area contributed by atoms with Crippen LogP contribution in [0.1, 0.15) is 31.4 Å². The number of ether oxygens (including phenoxy) is 1. The highest BCUT2D eigenvalue weighted by Crippen LogP contribution is 2.29. The Hall–Kier alpha value is -1.53. The number of thioether (sulfide) groups is 1. The van der Waals surface area contributed by atoms with E-state index in [1.165, 1.54) is 0 Å². The van der Waals surface area contributed by atoms with Gasteiger partial charge in [-0.3, -0.25) is 14.5 Å². The van der Waals surface area contributed by atoms with Gasteiger partial charge in [0.05, 0.1) is 12.5 Å². The molecule has 2 rings (SSSR count). The first-order valence-corrected chi connectivity index (χ1v) is 9.06. The fourth-order valence-corrected chi connectivity index (χ4v) is 3.40. The maximum Gasteiger partial charge on any atom is 0.325 e. The Kier molecular flexibility index (Phi) is 6.47. The number of likely N-dealkylation sites (tertiary alicyclic amines) is 1. The van der Waals surface area contributed by atoms with Crippen LogP contribution in [-0.2, 0) is 14.3 Å². The van der Waals surface area contributed by atoms with E-state index in [4.69, 9.17) is 4.74 Å². The molecule has 0 aliphatic carbocycles. The number of piperidine rings is 1. The molecule has 1 aliphatic rings. The monoisotopic (exact) mass is 337 g/mol. The molecule has 1 heterocycles. The Balaban J connectivity index is 2.16. The van der Waals surface area contributed by atoms with Gasteiger partial charge >= 0.3 is 11.9 Å². The number of carboxylic acid groups (broad SMARTS) is 1. The molecule has 2 atom stereocenters. The van der Waals surface area contributed by atoms with Gasteiger partial charge in [0.2, 0.25) is 0 Å². The molecule has 0 amide bonds. The van der Waals surface area contributed by atoms with Crippen LogP contribution in [0.15, 0.2) is 29.2 Å². The van der Waals surface area contributed by atoms with Crippen LogP contribution in [0.25, 0.3) is 0 Å². The minimum absolute atomic E-state index is 0.223. The fourth-order valence-electron chi connectivity index (χ4n) is 2.99. The number of nitrogens with zero attached hydrogens (tertiary/aromatic N) is 1. The number of carbonyl (C=O) groups is 2. The number of hydrogen-bond acceptors (Lipinski definition) is 5. The summed E-state index contributed by atoms with van der Waals surface area (Å²) >= 11 is 1.62. The Morgan fingerprint density at radius 2 is 2.09 bits per heavy atom. The quantitative estimate of drug-likeness (QED) is 0.636. The van der Waals surface area contributed by atoms with Gasteiger partial charge in [0.1, 0.15) is 6.04 Å². The second kappa shape index (κ2) is 8.36. The third-order valence-corrected chi connectivity index (χ3v) is 4.85. The molecule has 0 aromatic heterocycles. The third-order valence-electron chi connectivity index (χ3n) is 4.10. The lowest BCUT2D eigenvalue weighted by molar-refractivity contribution is -0.153. The molecule has 1 saturated heterocycles. The first-order chi connectivity index (χ1) is 11.1. The highest BCUT2D eigenvalue weighted by molar-refractivity contribution is 7.98. The van der Waals surface area contributed by atoms with Crippen molar-refractivity contribution >= 4 is 23.7 Å². The summed E-state index contributed by atoms with van der Waals surface area (Å²) in [6.07, 6.45) is 3.54. The fraction of sp³-hybridized carbons (Fsp3) is 0.529. The van der Waals surface area contributed by atoms with Crippen molar-refractivity contribution < 1.29 is 19.4 Å². The van der Waals surface area contributed by atoms with Gasteiger partial charge < -0.3 is 9.84 Å². The zero-order chi connectivity index (χ0) is 16.8. The second-order valence-electron chi connectivity index (χ2n) is 5.60. The standard InChI is InChI=1S/C17H23NO4S/c1-3-22-17(21)13-5-4-10-18(11-13)15(16(19)20)12-6-8-14(23-2)9-7-12/h6-9,13,15H,3-5,10-11H2,1-2H3,(H,19,20)/t13-,15+/m0/s1. The summed E-state index contributed by atoms with van der Waals surface area (Å²) in [5.74, 6) is -1.35. The third kappa shape index (κ3) is 4.48. The maximum absolute atomic E-state index is 12.0. The molecule has 5 nitrogen and oxygen atoms in total. The Morgan fingerprint density at radius 3 is 2.65 bits per heavy atom. The molecule has 126 valence electrons. The normalized spacial score (nSPS) is 20.0. The molecule has 1 aliphatic heterocycles. The van der Waals surface area contributed by atoms with Gasteiger partial charge in [-0.25, -0.2) is 0 Å². The lowest BCUT2D eigenvalue weighted by atomic mass is 9.95. The van der Waals surface area contributed by atoms with Crippen molar-refractivity contribution in [2.45, 2.75) is 30.7 Å². The number of rotatable bonds is 6. The van der Waals surface area contributed by atoms with E-state index in [2.05, 4.69) is 0 Å². The number of benzene rings is 1. The number of hydrogen-bond donors (Lipinski definition) is 1. The van der Waals surface area contributed by atoms with Gasteiger partial charge in [0.15, 0.2) is 0 Å². The molecule has 0 radical (unpaired) electrons. The molecule has 23 heavy (non-hydrogen) atoms. The van der Waals surface area contributed by atoms with Gasteiger partial charge in [-0.1, -0.05) is 12.1 Å². The first-order valence-electron chi connectivity index (χ1n) is 7.84. The molecular formula is C17H23NO4S.